The smallest absolute Gasteiger partial charge is 0.272 e. The van der Waals surface area contributed by atoms with Crippen LogP contribution in [0.5, 0.6) is 0 Å². The van der Waals surface area contributed by atoms with Crippen LogP contribution in [0.15, 0.2) is 39.1 Å². The van der Waals surface area contributed by atoms with Gasteiger partial charge in [0.1, 0.15) is 10.5 Å². The number of nitrogens with zero attached hydrogens (tertiary/aromatic N) is 1. The van der Waals surface area contributed by atoms with E-state index in [2.05, 4.69) is 10.3 Å². The fraction of sp³-hybridized carbons (Fsp3) is 0.421. The largest absolute Gasteiger partial charge is 0.467 e. The number of thiophene rings is 1. The quantitative estimate of drug-likeness (QED) is 0.635. The lowest BCUT2D eigenvalue weighted by atomic mass is 9.81. The number of H-pyrrole nitrogens is 1. The average molecular weight is 404 g/mol. The Balaban J connectivity index is 1.35. The van der Waals surface area contributed by atoms with Gasteiger partial charge in [0.15, 0.2) is 4.77 Å². The Kier molecular flexibility index (Phi) is 5.27. The Labute approximate surface area is 165 Å². The van der Waals surface area contributed by atoms with Gasteiger partial charge in [0.05, 0.1) is 18.3 Å². The Hall–Kier alpha value is -2.19. The monoisotopic (exact) mass is 403 g/mol. The number of nitrogens with one attached hydrogen (secondary N) is 2. The van der Waals surface area contributed by atoms with E-state index in [1.165, 1.54) is 11.3 Å². The summed E-state index contributed by atoms with van der Waals surface area (Å²) < 4.78 is 8.11. The first kappa shape index (κ1) is 18.2. The van der Waals surface area contributed by atoms with Crippen molar-refractivity contribution in [2.24, 2.45) is 11.8 Å². The number of furan rings is 1. The molecule has 0 bridgehead atoms. The zero-order valence-corrected chi connectivity index (χ0v) is 16.4. The molecule has 2 N–H and O–H groups in total. The molecule has 0 radical (unpaired) electrons. The molecule has 1 aliphatic carbocycles. The second-order valence-electron chi connectivity index (χ2n) is 7.02. The van der Waals surface area contributed by atoms with Gasteiger partial charge in [-0.05, 0) is 67.4 Å². The summed E-state index contributed by atoms with van der Waals surface area (Å²) in [7, 11) is 0. The maximum atomic E-state index is 12.7. The average Bonchev–Trinajstić information content (AvgIpc) is 3.35. The number of rotatable bonds is 5. The molecular formula is C19H21N3O3S2. The zero-order valence-electron chi connectivity index (χ0n) is 14.8. The SMILES string of the molecule is O=C(NCc1ccco1)C1CCC(Cn2c(=S)[nH]c3ccsc3c2=O)CC1. The van der Waals surface area contributed by atoms with E-state index in [1.54, 1.807) is 10.8 Å². The van der Waals surface area contributed by atoms with Gasteiger partial charge in [0, 0.05) is 12.5 Å². The lowest BCUT2D eigenvalue weighted by Gasteiger charge is -2.28. The van der Waals surface area contributed by atoms with E-state index >= 15 is 0 Å². The van der Waals surface area contributed by atoms with Crippen molar-refractivity contribution in [3.05, 3.63) is 50.7 Å². The van der Waals surface area contributed by atoms with Gasteiger partial charge in [-0.2, -0.15) is 0 Å². The summed E-state index contributed by atoms with van der Waals surface area (Å²) >= 11 is 6.81. The normalized spacial score (nSPS) is 20.0. The van der Waals surface area contributed by atoms with Crippen LogP contribution in [-0.2, 0) is 17.9 Å². The van der Waals surface area contributed by atoms with Crippen LogP contribution < -0.4 is 10.9 Å². The second-order valence-corrected chi connectivity index (χ2v) is 8.33. The maximum absolute atomic E-state index is 12.7. The molecule has 3 aromatic rings. The van der Waals surface area contributed by atoms with Crippen molar-refractivity contribution < 1.29 is 9.21 Å². The summed E-state index contributed by atoms with van der Waals surface area (Å²) in [6, 6.07) is 5.55. The lowest BCUT2D eigenvalue weighted by molar-refractivity contribution is -0.126. The predicted octanol–water partition coefficient (Wildman–Crippen LogP) is 3.84. The van der Waals surface area contributed by atoms with Gasteiger partial charge >= 0.3 is 0 Å². The predicted molar refractivity (Wildman–Crippen MR) is 107 cm³/mol. The van der Waals surface area contributed by atoms with E-state index in [0.717, 1.165) is 41.7 Å². The number of hydrogen-bond acceptors (Lipinski definition) is 5. The number of hydrogen-bond donors (Lipinski definition) is 2. The van der Waals surface area contributed by atoms with E-state index in [0.29, 0.717) is 23.8 Å². The molecule has 0 spiro atoms. The van der Waals surface area contributed by atoms with Crippen molar-refractivity contribution in [2.75, 3.05) is 0 Å². The van der Waals surface area contributed by atoms with Crippen LogP contribution in [0.3, 0.4) is 0 Å². The van der Waals surface area contributed by atoms with Crippen LogP contribution in [0.25, 0.3) is 10.2 Å². The molecule has 27 heavy (non-hydrogen) atoms. The third-order valence-corrected chi connectivity index (χ3v) is 6.49. The number of aromatic nitrogens is 2. The number of amides is 1. The molecule has 1 saturated carbocycles. The highest BCUT2D eigenvalue weighted by atomic mass is 32.1. The molecule has 4 rings (SSSR count). The molecule has 0 atom stereocenters. The van der Waals surface area contributed by atoms with Crippen LogP contribution in [0.4, 0.5) is 0 Å². The van der Waals surface area contributed by atoms with Crippen LogP contribution in [0.2, 0.25) is 0 Å². The Morgan fingerprint density at radius 3 is 2.89 bits per heavy atom. The van der Waals surface area contributed by atoms with E-state index in [-0.39, 0.29) is 17.4 Å². The molecular weight excluding hydrogens is 382 g/mol. The number of carbonyl (C=O) groups excluding carboxylic acids is 1. The number of fused-ring (bicyclic) bond motifs is 1. The summed E-state index contributed by atoms with van der Waals surface area (Å²) in [6.07, 6.45) is 5.11. The highest BCUT2D eigenvalue weighted by Gasteiger charge is 2.27. The summed E-state index contributed by atoms with van der Waals surface area (Å²) in [5, 5.41) is 4.84. The van der Waals surface area contributed by atoms with Gasteiger partial charge in [-0.15, -0.1) is 11.3 Å². The van der Waals surface area contributed by atoms with Gasteiger partial charge in [0.2, 0.25) is 5.91 Å². The molecule has 142 valence electrons. The van der Waals surface area contributed by atoms with Crippen LogP contribution in [0, 0.1) is 16.6 Å². The van der Waals surface area contributed by atoms with Crippen LogP contribution in [0.1, 0.15) is 31.4 Å². The van der Waals surface area contributed by atoms with Crippen molar-refractivity contribution in [3.8, 4) is 0 Å². The molecule has 3 heterocycles. The fourth-order valence-electron chi connectivity index (χ4n) is 3.73. The summed E-state index contributed by atoms with van der Waals surface area (Å²) in [5.74, 6) is 1.24. The lowest BCUT2D eigenvalue weighted by Crippen LogP contribution is -2.34. The number of aromatic amines is 1. The highest BCUT2D eigenvalue weighted by molar-refractivity contribution is 7.71. The van der Waals surface area contributed by atoms with Crippen molar-refractivity contribution in [3.63, 3.8) is 0 Å². The standard InChI is InChI=1S/C19H21N3O3S2/c23-17(20-10-14-2-1-8-25-14)13-5-3-12(4-6-13)11-22-18(24)16-15(7-9-27-16)21-19(22)26/h1-2,7-9,12-13H,3-6,10-11H2,(H,20,23)(H,21,26). The minimum absolute atomic E-state index is 0.0120. The molecule has 0 unspecified atom stereocenters. The third kappa shape index (κ3) is 3.91. The first-order valence-corrected chi connectivity index (χ1v) is 10.4. The molecule has 1 fully saturated rings. The highest BCUT2D eigenvalue weighted by Crippen LogP contribution is 2.30. The van der Waals surface area contributed by atoms with Crippen LogP contribution in [-0.4, -0.2) is 15.5 Å². The number of carbonyl (C=O) groups is 1. The molecule has 1 aliphatic rings. The molecule has 8 heteroatoms. The molecule has 0 aliphatic heterocycles. The van der Waals surface area contributed by atoms with Gasteiger partial charge in [-0.3, -0.25) is 14.2 Å². The molecule has 1 amide bonds. The van der Waals surface area contributed by atoms with Gasteiger partial charge < -0.3 is 14.7 Å². The molecule has 3 aromatic heterocycles. The van der Waals surface area contributed by atoms with E-state index in [1.807, 2.05) is 23.6 Å². The van der Waals surface area contributed by atoms with Crippen molar-refractivity contribution >= 4 is 39.7 Å². The first-order valence-electron chi connectivity index (χ1n) is 9.12. The van der Waals surface area contributed by atoms with Crippen molar-refractivity contribution in [2.45, 2.75) is 38.8 Å². The Bertz CT molecular complexity index is 1040. The minimum Gasteiger partial charge on any atom is -0.467 e. The second kappa shape index (κ2) is 7.82. The fourth-order valence-corrected chi connectivity index (χ4v) is 4.80. The molecule has 0 aromatic carbocycles. The maximum Gasteiger partial charge on any atom is 0.272 e. The van der Waals surface area contributed by atoms with Crippen LogP contribution >= 0.6 is 23.6 Å². The van der Waals surface area contributed by atoms with Crippen molar-refractivity contribution in [1.29, 1.82) is 0 Å². The summed E-state index contributed by atoms with van der Waals surface area (Å²) in [4.78, 5) is 28.2. The van der Waals surface area contributed by atoms with Gasteiger partial charge in [-0.25, -0.2) is 0 Å². The first-order chi connectivity index (χ1) is 13.1. The van der Waals surface area contributed by atoms with E-state index < -0.39 is 0 Å². The Morgan fingerprint density at radius 1 is 1.33 bits per heavy atom. The zero-order chi connectivity index (χ0) is 18.8. The van der Waals surface area contributed by atoms with Crippen molar-refractivity contribution in [1.82, 2.24) is 14.9 Å². The van der Waals surface area contributed by atoms with E-state index in [4.69, 9.17) is 16.6 Å². The summed E-state index contributed by atoms with van der Waals surface area (Å²) in [6.45, 7) is 1.04. The summed E-state index contributed by atoms with van der Waals surface area (Å²) in [5.41, 5.74) is 0.797. The van der Waals surface area contributed by atoms with Gasteiger partial charge in [0.25, 0.3) is 5.56 Å². The minimum atomic E-state index is -0.0120. The topological polar surface area (TPSA) is 80.0 Å². The van der Waals surface area contributed by atoms with Gasteiger partial charge in [-0.1, -0.05) is 0 Å². The molecule has 0 saturated heterocycles. The molecule has 6 nitrogen and oxygen atoms in total. The van der Waals surface area contributed by atoms with E-state index in [9.17, 15) is 9.59 Å². The third-order valence-electron chi connectivity index (χ3n) is 5.27. The Morgan fingerprint density at radius 2 is 2.15 bits per heavy atom.